The maximum Gasteiger partial charge on any atom is 0.351 e. The molecule has 0 amide bonds. The quantitative estimate of drug-likeness (QED) is 0.277. The molecule has 4 aromatic rings. The molecule has 0 fully saturated rings. The fraction of sp³-hybridized carbons (Fsp3) is 0.0909. The zero-order chi connectivity index (χ0) is 20.2. The molecule has 4 rings (SSSR count). The van der Waals surface area contributed by atoms with E-state index in [-0.39, 0.29) is 11.6 Å². The van der Waals surface area contributed by atoms with Gasteiger partial charge in [0.15, 0.2) is 11.6 Å². The van der Waals surface area contributed by atoms with E-state index in [0.717, 1.165) is 16.8 Å². The summed E-state index contributed by atoms with van der Waals surface area (Å²) in [6.07, 6.45) is 0. The van der Waals surface area contributed by atoms with E-state index in [0.29, 0.717) is 22.2 Å². The van der Waals surface area contributed by atoms with Gasteiger partial charge in [-0.1, -0.05) is 53.6 Å². The smallest absolute Gasteiger partial charge is 0.351 e. The molecule has 0 aliphatic carbocycles. The maximum atomic E-state index is 12.7. The molecule has 142 valence electrons. The summed E-state index contributed by atoms with van der Waals surface area (Å²) in [6.45, 7) is 3.65. The molecule has 7 heteroatoms. The van der Waals surface area contributed by atoms with Gasteiger partial charge in [0.25, 0.3) is 5.82 Å². The van der Waals surface area contributed by atoms with E-state index in [1.807, 2.05) is 74.5 Å². The van der Waals surface area contributed by atoms with Crippen LogP contribution in [0.3, 0.4) is 0 Å². The third kappa shape index (κ3) is 4.30. The van der Waals surface area contributed by atoms with Gasteiger partial charge in [0.1, 0.15) is 0 Å². The van der Waals surface area contributed by atoms with Crippen molar-refractivity contribution in [3.63, 3.8) is 0 Å². The van der Waals surface area contributed by atoms with Gasteiger partial charge in [-0.25, -0.2) is 15.0 Å². The fourth-order valence-corrected chi connectivity index (χ4v) is 2.83. The Morgan fingerprint density at radius 1 is 0.690 bits per heavy atom. The molecule has 0 aliphatic heterocycles. The van der Waals surface area contributed by atoms with Crippen molar-refractivity contribution in [2.75, 3.05) is 0 Å². The Bertz CT molecular complexity index is 1180. The van der Waals surface area contributed by atoms with E-state index >= 15 is 0 Å². The lowest BCUT2D eigenvalue weighted by molar-refractivity contribution is -0.440. The number of hydrogen-bond donors (Lipinski definition) is 0. The second kappa shape index (κ2) is 7.93. The van der Waals surface area contributed by atoms with Gasteiger partial charge in [0.2, 0.25) is 0 Å². The maximum absolute atomic E-state index is 12.7. The second-order valence-electron chi connectivity index (χ2n) is 6.49. The monoisotopic (exact) mass is 382 g/mol. The van der Waals surface area contributed by atoms with Crippen molar-refractivity contribution >= 4 is 11.6 Å². The predicted molar refractivity (Wildman–Crippen MR) is 110 cm³/mol. The lowest BCUT2D eigenvalue weighted by Gasteiger charge is -2.06. The molecule has 0 aliphatic rings. The van der Waals surface area contributed by atoms with Crippen LogP contribution in [-0.4, -0.2) is 24.8 Å². The third-order valence-electron chi connectivity index (χ3n) is 4.13. The summed E-state index contributed by atoms with van der Waals surface area (Å²) in [7, 11) is 0. The molecule has 0 unspecified atom stereocenters. The van der Waals surface area contributed by atoms with Gasteiger partial charge in [-0.2, -0.15) is 0 Å². The normalized spacial score (nSPS) is 11.4. The van der Waals surface area contributed by atoms with Crippen LogP contribution in [0, 0.1) is 19.1 Å². The zero-order valence-corrected chi connectivity index (χ0v) is 16.0. The molecule has 7 nitrogen and oxygen atoms in total. The van der Waals surface area contributed by atoms with E-state index in [4.69, 9.17) is 0 Å². The van der Waals surface area contributed by atoms with Crippen LogP contribution in [0.4, 0.5) is 11.6 Å². The van der Waals surface area contributed by atoms with Crippen LogP contribution < -0.4 is 0 Å². The number of rotatable bonds is 4. The molecule has 2 aromatic heterocycles. The van der Waals surface area contributed by atoms with Gasteiger partial charge in [0, 0.05) is 22.9 Å². The van der Waals surface area contributed by atoms with E-state index in [9.17, 15) is 5.21 Å². The molecule has 2 heterocycles. The third-order valence-corrected chi connectivity index (χ3v) is 4.13. The van der Waals surface area contributed by atoms with E-state index in [1.54, 1.807) is 12.1 Å². The molecule has 0 saturated carbocycles. The summed E-state index contributed by atoms with van der Waals surface area (Å²) in [4.78, 5) is 18.1. The number of aryl methyl sites for hydroxylation is 2. The molecule has 0 atom stereocenters. The first-order valence-corrected chi connectivity index (χ1v) is 9.09. The highest BCUT2D eigenvalue weighted by Gasteiger charge is 2.15. The average molecular weight is 382 g/mol. The van der Waals surface area contributed by atoms with Gasteiger partial charge < -0.3 is 5.21 Å². The van der Waals surface area contributed by atoms with Crippen molar-refractivity contribution in [3.8, 4) is 22.8 Å². The van der Waals surface area contributed by atoms with Gasteiger partial charge in [-0.15, -0.1) is 4.86 Å². The van der Waals surface area contributed by atoms with E-state index < -0.39 is 0 Å². The first kappa shape index (κ1) is 18.4. The number of aromatic nitrogens is 4. The van der Waals surface area contributed by atoms with Crippen LogP contribution in [0.5, 0.6) is 0 Å². The molecule has 0 bridgehead atoms. The fourth-order valence-electron chi connectivity index (χ4n) is 2.83. The molecular weight excluding hydrogens is 364 g/mol. The first-order valence-electron chi connectivity index (χ1n) is 9.09. The number of nitrogens with zero attached hydrogens (tertiary/aromatic N) is 6. The SMILES string of the molecule is Cc1cc(N=[N+]([O-])c2cc(C)nc(-c3ccccc3)n2)nc(-c2ccccc2)n1. The highest BCUT2D eigenvalue weighted by Crippen LogP contribution is 2.22. The van der Waals surface area contributed by atoms with Crippen molar-refractivity contribution in [1.29, 1.82) is 0 Å². The predicted octanol–water partition coefficient (Wildman–Crippen LogP) is 5.14. The Morgan fingerprint density at radius 3 is 1.79 bits per heavy atom. The summed E-state index contributed by atoms with van der Waals surface area (Å²) in [5.41, 5.74) is 3.08. The van der Waals surface area contributed by atoms with Crippen LogP contribution in [-0.2, 0) is 0 Å². The summed E-state index contributed by atoms with van der Waals surface area (Å²) in [6, 6.07) is 22.3. The summed E-state index contributed by atoms with van der Waals surface area (Å²) < 4.78 is 0. The standard InChI is InChI=1S/C22H18N6O/c1-15-13-19(25-21(23-15)17-9-5-3-6-10-17)27-28(29)20-14-16(2)24-22(26-20)18-11-7-4-8-12-18/h3-14H,1-2H3. The zero-order valence-electron chi connectivity index (χ0n) is 16.0. The minimum atomic E-state index is 0.147. The van der Waals surface area contributed by atoms with Crippen LogP contribution in [0.2, 0.25) is 0 Å². The lowest BCUT2D eigenvalue weighted by Crippen LogP contribution is -2.00. The van der Waals surface area contributed by atoms with Crippen molar-refractivity contribution in [1.82, 2.24) is 19.9 Å². The molecule has 2 aromatic carbocycles. The Hall–Kier alpha value is -4.00. The van der Waals surface area contributed by atoms with Crippen molar-refractivity contribution in [3.05, 3.63) is 89.4 Å². The van der Waals surface area contributed by atoms with E-state index in [2.05, 4.69) is 25.1 Å². The Morgan fingerprint density at radius 2 is 1.21 bits per heavy atom. The Labute approximate surface area is 168 Å². The molecule has 0 radical (unpaired) electrons. The first-order chi connectivity index (χ1) is 14.1. The van der Waals surface area contributed by atoms with Gasteiger partial charge in [-0.05, 0) is 31.0 Å². The van der Waals surface area contributed by atoms with Crippen molar-refractivity contribution in [2.45, 2.75) is 13.8 Å². The minimum Gasteiger partial charge on any atom is -0.690 e. The van der Waals surface area contributed by atoms with Crippen LogP contribution >= 0.6 is 0 Å². The summed E-state index contributed by atoms with van der Waals surface area (Å²) in [5.74, 6) is 1.40. The highest BCUT2D eigenvalue weighted by atomic mass is 16.5. The van der Waals surface area contributed by atoms with Crippen molar-refractivity contribution < 1.29 is 4.86 Å². The van der Waals surface area contributed by atoms with Gasteiger partial charge in [-0.3, -0.25) is 0 Å². The lowest BCUT2D eigenvalue weighted by atomic mass is 10.2. The van der Waals surface area contributed by atoms with Crippen LogP contribution in [0.25, 0.3) is 22.8 Å². The molecule has 0 N–H and O–H groups in total. The second-order valence-corrected chi connectivity index (χ2v) is 6.49. The van der Waals surface area contributed by atoms with Crippen LogP contribution in [0.1, 0.15) is 11.4 Å². The van der Waals surface area contributed by atoms with Crippen LogP contribution in [0.15, 0.2) is 77.9 Å². The van der Waals surface area contributed by atoms with Gasteiger partial charge in [0.05, 0.1) is 11.8 Å². The molecule has 0 spiro atoms. The van der Waals surface area contributed by atoms with E-state index in [1.165, 1.54) is 0 Å². The molecular formula is C22H18N6O. The van der Waals surface area contributed by atoms with Crippen molar-refractivity contribution in [2.24, 2.45) is 5.11 Å². The van der Waals surface area contributed by atoms with Gasteiger partial charge >= 0.3 is 5.82 Å². The largest absolute Gasteiger partial charge is 0.690 e. The molecule has 29 heavy (non-hydrogen) atoms. The number of benzene rings is 2. The average Bonchev–Trinajstić information content (AvgIpc) is 2.74. The molecule has 0 saturated heterocycles. The Balaban J connectivity index is 1.73. The summed E-state index contributed by atoms with van der Waals surface area (Å²) in [5, 5.41) is 16.8. The number of hydrogen-bond acceptors (Lipinski definition) is 6. The summed E-state index contributed by atoms with van der Waals surface area (Å²) >= 11 is 0. The number of azo groups is 1. The Kier molecular flexibility index (Phi) is 5.03. The topological polar surface area (TPSA) is 90.0 Å². The highest BCUT2D eigenvalue weighted by molar-refractivity contribution is 5.57. The minimum absolute atomic E-state index is 0.147.